The van der Waals surface area contributed by atoms with E-state index in [4.69, 9.17) is 0 Å². The number of alkyl halides is 1. The monoisotopic (exact) mass is 261 g/mol. The summed E-state index contributed by atoms with van der Waals surface area (Å²) in [6, 6.07) is 0. The molecule has 1 saturated heterocycles. The van der Waals surface area contributed by atoms with Gasteiger partial charge < -0.3 is 4.90 Å². The van der Waals surface area contributed by atoms with Gasteiger partial charge in [0.15, 0.2) is 0 Å². The molecule has 0 unspecified atom stereocenters. The average Bonchev–Trinajstić information content (AvgIpc) is 2.32. The first-order chi connectivity index (χ1) is 6.55. The number of likely N-dealkylation sites (tertiary alicyclic amines) is 1. The number of carbonyl (C=O) groups is 1. The number of hydrogen-bond donors (Lipinski definition) is 0. The fraction of sp³-hybridized carbons (Fsp3) is 0.909. The molecule has 1 aliphatic rings. The van der Waals surface area contributed by atoms with Crippen LogP contribution in [0.1, 0.15) is 39.5 Å². The van der Waals surface area contributed by atoms with Crippen LogP contribution in [0.25, 0.3) is 0 Å². The van der Waals surface area contributed by atoms with Crippen LogP contribution in [0.5, 0.6) is 0 Å². The molecule has 0 radical (unpaired) electrons. The van der Waals surface area contributed by atoms with Gasteiger partial charge in [-0.05, 0) is 18.3 Å². The third-order valence-electron chi connectivity index (χ3n) is 2.65. The molecule has 0 aromatic carbocycles. The van der Waals surface area contributed by atoms with Gasteiger partial charge in [-0.3, -0.25) is 4.79 Å². The first-order valence-electron chi connectivity index (χ1n) is 5.39. The molecule has 14 heavy (non-hydrogen) atoms. The van der Waals surface area contributed by atoms with Crippen LogP contribution in [0.2, 0.25) is 0 Å². The summed E-state index contributed by atoms with van der Waals surface area (Å²) in [7, 11) is 0. The molecule has 1 rings (SSSR count). The van der Waals surface area contributed by atoms with Crippen molar-refractivity contribution in [3.8, 4) is 0 Å². The van der Waals surface area contributed by atoms with Crippen LogP contribution in [-0.2, 0) is 4.79 Å². The molecule has 1 amide bonds. The lowest BCUT2D eigenvalue weighted by atomic mass is 9.96. The summed E-state index contributed by atoms with van der Waals surface area (Å²) >= 11 is 3.50. The highest BCUT2D eigenvalue weighted by atomic mass is 79.9. The number of halogens is 1. The molecular weight excluding hydrogens is 242 g/mol. The van der Waals surface area contributed by atoms with Gasteiger partial charge in [-0.15, -0.1) is 0 Å². The zero-order valence-corrected chi connectivity index (χ0v) is 10.8. The van der Waals surface area contributed by atoms with Crippen molar-refractivity contribution in [2.75, 3.05) is 18.4 Å². The Morgan fingerprint density at radius 1 is 1.36 bits per heavy atom. The lowest BCUT2D eigenvalue weighted by Gasteiger charge is -2.30. The van der Waals surface area contributed by atoms with E-state index in [1.54, 1.807) is 0 Å². The second-order valence-corrected chi connectivity index (χ2v) is 5.48. The summed E-state index contributed by atoms with van der Waals surface area (Å²) in [6.45, 7) is 6.23. The lowest BCUT2D eigenvalue weighted by molar-refractivity contribution is -0.131. The van der Waals surface area contributed by atoms with E-state index in [1.807, 2.05) is 4.90 Å². The summed E-state index contributed by atoms with van der Waals surface area (Å²) in [4.78, 5) is 13.8. The Bertz CT molecular complexity index is 203. The highest BCUT2D eigenvalue weighted by molar-refractivity contribution is 9.09. The highest BCUT2D eigenvalue weighted by Gasteiger charge is 2.24. The Kier molecular flexibility index (Phi) is 4.42. The first kappa shape index (κ1) is 12.0. The number of carbonyl (C=O) groups excluding carboxylic acids is 1. The van der Waals surface area contributed by atoms with Crippen LogP contribution in [0.15, 0.2) is 0 Å². The summed E-state index contributed by atoms with van der Waals surface area (Å²) in [5.74, 6) is 0.344. The van der Waals surface area contributed by atoms with Gasteiger partial charge in [0.1, 0.15) is 0 Å². The minimum Gasteiger partial charge on any atom is -0.342 e. The van der Waals surface area contributed by atoms with Crippen LogP contribution in [0, 0.1) is 5.41 Å². The van der Waals surface area contributed by atoms with Crippen LogP contribution < -0.4 is 0 Å². The molecule has 3 heteroatoms. The number of amides is 1. The molecule has 1 aliphatic heterocycles. The summed E-state index contributed by atoms with van der Waals surface area (Å²) < 4.78 is 0. The van der Waals surface area contributed by atoms with Crippen molar-refractivity contribution in [1.82, 2.24) is 4.90 Å². The van der Waals surface area contributed by atoms with E-state index in [1.165, 1.54) is 12.8 Å². The van der Waals surface area contributed by atoms with E-state index in [-0.39, 0.29) is 5.41 Å². The topological polar surface area (TPSA) is 20.3 Å². The van der Waals surface area contributed by atoms with Gasteiger partial charge in [-0.1, -0.05) is 36.2 Å². The number of nitrogens with zero attached hydrogens (tertiary/aromatic N) is 1. The van der Waals surface area contributed by atoms with Gasteiger partial charge in [0.2, 0.25) is 5.91 Å². The van der Waals surface area contributed by atoms with E-state index >= 15 is 0 Å². The zero-order chi connectivity index (χ0) is 10.6. The Labute approximate surface area is 95.2 Å². The fourth-order valence-electron chi connectivity index (χ4n) is 1.76. The Morgan fingerprint density at radius 2 is 2.07 bits per heavy atom. The smallest absolute Gasteiger partial charge is 0.222 e. The third kappa shape index (κ3) is 3.60. The van der Waals surface area contributed by atoms with Crippen molar-refractivity contribution in [3.05, 3.63) is 0 Å². The molecule has 0 N–H and O–H groups in total. The minimum atomic E-state index is 0.194. The molecule has 0 aromatic heterocycles. The van der Waals surface area contributed by atoms with Gasteiger partial charge >= 0.3 is 0 Å². The highest BCUT2D eigenvalue weighted by Crippen LogP contribution is 2.22. The van der Waals surface area contributed by atoms with Crippen molar-refractivity contribution in [2.24, 2.45) is 5.41 Å². The first-order valence-corrected chi connectivity index (χ1v) is 6.51. The normalized spacial score (nSPS) is 19.6. The summed E-state index contributed by atoms with van der Waals surface area (Å²) in [5, 5.41) is 0.948. The molecule has 0 saturated carbocycles. The molecular formula is C11H20BrNO. The number of rotatable bonds is 3. The predicted molar refractivity (Wildman–Crippen MR) is 62.6 cm³/mol. The van der Waals surface area contributed by atoms with Crippen LogP contribution in [0.3, 0.4) is 0 Å². The fourth-order valence-corrected chi connectivity index (χ4v) is 1.94. The molecule has 0 bridgehead atoms. The second-order valence-electron chi connectivity index (χ2n) is 4.92. The molecule has 2 nitrogen and oxygen atoms in total. The van der Waals surface area contributed by atoms with Crippen molar-refractivity contribution >= 4 is 21.8 Å². The second kappa shape index (κ2) is 5.15. The molecule has 1 fully saturated rings. The number of hydrogen-bond acceptors (Lipinski definition) is 1. The van der Waals surface area contributed by atoms with Gasteiger partial charge in [-0.2, -0.15) is 0 Å². The molecule has 0 aliphatic carbocycles. The van der Waals surface area contributed by atoms with Crippen LogP contribution >= 0.6 is 15.9 Å². The lowest BCUT2D eigenvalue weighted by Crippen LogP contribution is -2.39. The van der Waals surface area contributed by atoms with Crippen molar-refractivity contribution in [2.45, 2.75) is 39.5 Å². The maximum Gasteiger partial charge on any atom is 0.222 e. The Hall–Kier alpha value is -0.0500. The average molecular weight is 262 g/mol. The predicted octanol–water partition coefficient (Wildman–Crippen LogP) is 2.81. The zero-order valence-electron chi connectivity index (χ0n) is 9.18. The largest absolute Gasteiger partial charge is 0.342 e. The van der Waals surface area contributed by atoms with E-state index < -0.39 is 0 Å². The van der Waals surface area contributed by atoms with Crippen molar-refractivity contribution in [3.63, 3.8) is 0 Å². The van der Waals surface area contributed by atoms with Crippen LogP contribution in [0.4, 0.5) is 0 Å². The quantitative estimate of drug-likeness (QED) is 0.716. The minimum absolute atomic E-state index is 0.194. The van der Waals surface area contributed by atoms with E-state index in [2.05, 4.69) is 29.8 Å². The molecule has 1 heterocycles. The van der Waals surface area contributed by atoms with E-state index in [0.29, 0.717) is 5.91 Å². The Morgan fingerprint density at radius 3 is 2.71 bits per heavy atom. The maximum atomic E-state index is 11.7. The van der Waals surface area contributed by atoms with Gasteiger partial charge in [-0.25, -0.2) is 0 Å². The van der Waals surface area contributed by atoms with Gasteiger partial charge in [0, 0.05) is 24.8 Å². The van der Waals surface area contributed by atoms with Crippen LogP contribution in [-0.4, -0.2) is 29.2 Å². The van der Waals surface area contributed by atoms with Gasteiger partial charge in [0.25, 0.3) is 0 Å². The van der Waals surface area contributed by atoms with Gasteiger partial charge in [0.05, 0.1) is 0 Å². The van der Waals surface area contributed by atoms with E-state index in [9.17, 15) is 4.79 Å². The molecule has 0 aromatic rings. The molecule has 0 atom stereocenters. The third-order valence-corrected chi connectivity index (χ3v) is 4.17. The Balaban J connectivity index is 2.52. The molecule has 0 spiro atoms. The maximum absolute atomic E-state index is 11.7. The molecule has 82 valence electrons. The SMILES string of the molecule is CC(C)(CBr)CN1CCCCCC1=O. The summed E-state index contributed by atoms with van der Waals surface area (Å²) in [5.41, 5.74) is 0.194. The van der Waals surface area contributed by atoms with Crippen molar-refractivity contribution < 1.29 is 4.79 Å². The van der Waals surface area contributed by atoms with Crippen molar-refractivity contribution in [1.29, 1.82) is 0 Å². The standard InChI is InChI=1S/C11H20BrNO/c1-11(2,8-12)9-13-7-5-3-4-6-10(13)14/h3-9H2,1-2H3. The summed E-state index contributed by atoms with van der Waals surface area (Å²) in [6.07, 6.45) is 4.20. The van der Waals surface area contributed by atoms with E-state index in [0.717, 1.165) is 31.3 Å².